The van der Waals surface area contributed by atoms with Gasteiger partial charge in [0.2, 0.25) is 0 Å². The van der Waals surface area contributed by atoms with Crippen LogP contribution in [0.1, 0.15) is 65.7 Å². The van der Waals surface area contributed by atoms with Gasteiger partial charge in [-0.2, -0.15) is 0 Å². The van der Waals surface area contributed by atoms with E-state index in [1.54, 1.807) is 6.92 Å². The average molecular weight is 386 g/mol. The van der Waals surface area contributed by atoms with Crippen LogP contribution in [0, 0.1) is 5.92 Å². The van der Waals surface area contributed by atoms with Gasteiger partial charge < -0.3 is 19.5 Å². The second-order valence-corrected chi connectivity index (χ2v) is 6.54. The van der Waals surface area contributed by atoms with Crippen LogP contribution in [0.5, 0.6) is 0 Å². The largest absolute Gasteiger partial charge is 0.465 e. The average Bonchev–Trinajstić information content (AvgIpc) is 2.64. The molecule has 0 heterocycles. The van der Waals surface area contributed by atoms with Crippen LogP contribution < -0.4 is 5.32 Å². The van der Waals surface area contributed by atoms with E-state index in [1.807, 2.05) is 0 Å². The molecule has 156 valence electrons. The Morgan fingerprint density at radius 3 is 2.37 bits per heavy atom. The number of carbonyl (C=O) groups is 3. The van der Waals surface area contributed by atoms with E-state index < -0.39 is 12.1 Å². The first-order valence-electron chi connectivity index (χ1n) is 9.79. The zero-order valence-electron chi connectivity index (χ0n) is 17.0. The summed E-state index contributed by atoms with van der Waals surface area (Å²) in [6.07, 6.45) is 5.35. The number of unbranched alkanes of at least 4 members (excludes halogenated alkanes) is 2. The molecule has 0 aromatic heterocycles. The van der Waals surface area contributed by atoms with Gasteiger partial charge >= 0.3 is 18.0 Å². The molecule has 7 heteroatoms. The molecule has 0 aliphatic rings. The number of esters is 2. The van der Waals surface area contributed by atoms with E-state index in [4.69, 9.17) is 14.2 Å². The van der Waals surface area contributed by atoms with Crippen LogP contribution in [0.15, 0.2) is 12.2 Å². The summed E-state index contributed by atoms with van der Waals surface area (Å²) in [5.74, 6) is -0.253. The van der Waals surface area contributed by atoms with E-state index in [-0.39, 0.29) is 25.7 Å². The highest BCUT2D eigenvalue weighted by molar-refractivity contribution is 5.86. The van der Waals surface area contributed by atoms with E-state index in [0.29, 0.717) is 37.4 Å². The summed E-state index contributed by atoms with van der Waals surface area (Å²) >= 11 is 0. The van der Waals surface area contributed by atoms with Crippen LogP contribution in [0.3, 0.4) is 0 Å². The van der Waals surface area contributed by atoms with Crippen LogP contribution in [0.4, 0.5) is 4.79 Å². The summed E-state index contributed by atoms with van der Waals surface area (Å²) in [5, 5.41) is 2.47. The lowest BCUT2D eigenvalue weighted by atomic mass is 10.0. The Kier molecular flexibility index (Phi) is 14.9. The van der Waals surface area contributed by atoms with Crippen molar-refractivity contribution < 1.29 is 28.6 Å². The molecule has 0 aliphatic carbocycles. The SMILES string of the molecule is C=C(C)C(=O)OCCNC(=O)OCCCCC(=O)OCC(CC)CCCC. The number of hydrogen-bond acceptors (Lipinski definition) is 6. The van der Waals surface area contributed by atoms with Gasteiger partial charge in [-0.1, -0.05) is 39.7 Å². The minimum atomic E-state index is -0.578. The Hall–Kier alpha value is -2.05. The zero-order chi connectivity index (χ0) is 20.5. The number of ether oxygens (including phenoxy) is 3. The number of rotatable bonds is 15. The van der Waals surface area contributed by atoms with Gasteiger partial charge in [0.1, 0.15) is 6.61 Å². The molecule has 7 nitrogen and oxygen atoms in total. The van der Waals surface area contributed by atoms with E-state index >= 15 is 0 Å². The molecule has 0 rings (SSSR count). The van der Waals surface area contributed by atoms with Crippen molar-refractivity contribution >= 4 is 18.0 Å². The quantitative estimate of drug-likeness (QED) is 0.200. The monoisotopic (exact) mass is 385 g/mol. The summed E-state index contributed by atoms with van der Waals surface area (Å²) in [6, 6.07) is 0. The van der Waals surface area contributed by atoms with Crippen molar-refractivity contribution in [2.45, 2.75) is 65.7 Å². The second kappa shape index (κ2) is 16.1. The molecule has 0 aliphatic heterocycles. The maximum absolute atomic E-state index is 11.7. The summed E-state index contributed by atoms with van der Waals surface area (Å²) < 4.78 is 15.1. The van der Waals surface area contributed by atoms with Crippen LogP contribution in [-0.4, -0.2) is 44.4 Å². The zero-order valence-corrected chi connectivity index (χ0v) is 17.0. The van der Waals surface area contributed by atoms with Gasteiger partial charge in [-0.25, -0.2) is 9.59 Å². The Bertz CT molecular complexity index is 463. The predicted octanol–water partition coefficient (Wildman–Crippen LogP) is 3.76. The van der Waals surface area contributed by atoms with Gasteiger partial charge in [-0.05, 0) is 32.1 Å². The highest BCUT2D eigenvalue weighted by Crippen LogP contribution is 2.13. The Balaban J connectivity index is 3.61. The molecule has 0 aromatic carbocycles. The van der Waals surface area contributed by atoms with Crippen molar-refractivity contribution in [3.05, 3.63) is 12.2 Å². The number of nitrogens with one attached hydrogen (secondary N) is 1. The van der Waals surface area contributed by atoms with Gasteiger partial charge in [0.05, 0.1) is 19.8 Å². The maximum Gasteiger partial charge on any atom is 0.407 e. The summed E-state index contributed by atoms with van der Waals surface area (Å²) in [5.41, 5.74) is 0.308. The highest BCUT2D eigenvalue weighted by Gasteiger charge is 2.10. The number of carbonyl (C=O) groups excluding carboxylic acids is 3. The maximum atomic E-state index is 11.7. The van der Waals surface area contributed by atoms with E-state index in [1.165, 1.54) is 0 Å². The summed E-state index contributed by atoms with van der Waals surface area (Å²) in [6.45, 7) is 10.2. The van der Waals surface area contributed by atoms with Crippen molar-refractivity contribution in [2.75, 3.05) is 26.4 Å². The third kappa shape index (κ3) is 14.8. The molecule has 0 radical (unpaired) electrons. The van der Waals surface area contributed by atoms with Crippen LogP contribution in [-0.2, 0) is 23.8 Å². The third-order valence-corrected chi connectivity index (χ3v) is 3.98. The molecule has 0 spiro atoms. The fraction of sp³-hybridized carbons (Fsp3) is 0.750. The van der Waals surface area contributed by atoms with Crippen molar-refractivity contribution in [3.63, 3.8) is 0 Å². The van der Waals surface area contributed by atoms with E-state index in [9.17, 15) is 14.4 Å². The van der Waals surface area contributed by atoms with Gasteiger partial charge in [-0.15, -0.1) is 0 Å². The van der Waals surface area contributed by atoms with Crippen LogP contribution in [0.2, 0.25) is 0 Å². The number of hydrogen-bond donors (Lipinski definition) is 1. The highest BCUT2D eigenvalue weighted by atomic mass is 16.6. The van der Waals surface area contributed by atoms with Gasteiger partial charge in [0, 0.05) is 12.0 Å². The van der Waals surface area contributed by atoms with E-state index in [0.717, 1.165) is 25.7 Å². The Labute approximate surface area is 162 Å². The van der Waals surface area contributed by atoms with Crippen LogP contribution in [0.25, 0.3) is 0 Å². The smallest absolute Gasteiger partial charge is 0.407 e. The summed E-state index contributed by atoms with van der Waals surface area (Å²) in [7, 11) is 0. The molecule has 1 N–H and O–H groups in total. The standard InChI is InChI=1S/C20H35NO6/c1-5-7-10-17(6-2)15-27-18(22)11-8-9-13-26-20(24)21-12-14-25-19(23)16(3)4/h17H,3,5-15H2,1-2,4H3,(H,21,24). The minimum absolute atomic E-state index is 0.0592. The topological polar surface area (TPSA) is 90.9 Å². The molecule has 1 unspecified atom stereocenters. The van der Waals surface area contributed by atoms with E-state index in [2.05, 4.69) is 25.7 Å². The lowest BCUT2D eigenvalue weighted by Crippen LogP contribution is -2.29. The molecule has 1 atom stereocenters. The van der Waals surface area contributed by atoms with Crippen molar-refractivity contribution in [3.8, 4) is 0 Å². The summed E-state index contributed by atoms with van der Waals surface area (Å²) in [4.78, 5) is 34.3. The Morgan fingerprint density at radius 1 is 1.00 bits per heavy atom. The first kappa shape index (κ1) is 24.9. The predicted molar refractivity (Wildman–Crippen MR) is 103 cm³/mol. The fourth-order valence-electron chi connectivity index (χ4n) is 2.19. The van der Waals surface area contributed by atoms with Gasteiger partial charge in [0.25, 0.3) is 0 Å². The normalized spacial score (nSPS) is 11.4. The lowest BCUT2D eigenvalue weighted by molar-refractivity contribution is -0.145. The number of amides is 1. The second-order valence-electron chi connectivity index (χ2n) is 6.54. The molecule has 27 heavy (non-hydrogen) atoms. The molecule has 0 fully saturated rings. The molecule has 0 saturated heterocycles. The van der Waals surface area contributed by atoms with Crippen molar-refractivity contribution in [2.24, 2.45) is 5.92 Å². The number of alkyl carbamates (subject to hydrolysis) is 1. The first-order valence-corrected chi connectivity index (χ1v) is 9.79. The molecular formula is C20H35NO6. The molecule has 0 bridgehead atoms. The van der Waals surface area contributed by atoms with Crippen LogP contribution >= 0.6 is 0 Å². The lowest BCUT2D eigenvalue weighted by Gasteiger charge is -2.14. The fourth-order valence-corrected chi connectivity index (χ4v) is 2.19. The van der Waals surface area contributed by atoms with Gasteiger partial charge in [-0.3, -0.25) is 4.79 Å². The van der Waals surface area contributed by atoms with Crippen molar-refractivity contribution in [1.29, 1.82) is 0 Å². The van der Waals surface area contributed by atoms with Crippen molar-refractivity contribution in [1.82, 2.24) is 5.32 Å². The molecular weight excluding hydrogens is 350 g/mol. The Morgan fingerprint density at radius 2 is 1.74 bits per heavy atom. The molecule has 0 aromatic rings. The molecule has 0 saturated carbocycles. The minimum Gasteiger partial charge on any atom is -0.465 e. The van der Waals surface area contributed by atoms with Gasteiger partial charge in [0.15, 0.2) is 0 Å². The third-order valence-electron chi connectivity index (χ3n) is 3.98. The molecule has 1 amide bonds. The first-order chi connectivity index (χ1) is 12.9.